The lowest BCUT2D eigenvalue weighted by Crippen LogP contribution is -2.49. The molecule has 0 radical (unpaired) electrons. The van der Waals surface area contributed by atoms with Crippen molar-refractivity contribution in [1.29, 1.82) is 0 Å². The highest BCUT2D eigenvalue weighted by molar-refractivity contribution is 6.05. The fourth-order valence-electron chi connectivity index (χ4n) is 3.68. The van der Waals surface area contributed by atoms with Gasteiger partial charge in [-0.2, -0.15) is 0 Å². The van der Waals surface area contributed by atoms with Crippen LogP contribution in [0.25, 0.3) is 11.3 Å². The van der Waals surface area contributed by atoms with Crippen LogP contribution in [0.2, 0.25) is 0 Å². The number of rotatable bonds is 5. The molecule has 1 fully saturated rings. The van der Waals surface area contributed by atoms with Crippen molar-refractivity contribution in [1.82, 2.24) is 15.1 Å². The van der Waals surface area contributed by atoms with Gasteiger partial charge in [0, 0.05) is 31.7 Å². The first-order valence-electron chi connectivity index (χ1n) is 10.3. The molecule has 2 heterocycles. The number of carbonyl (C=O) groups excluding carboxylic acids is 2. The van der Waals surface area contributed by atoms with E-state index in [0.717, 1.165) is 22.8 Å². The number of hydrogen-bond acceptors (Lipinski definition) is 7. The molecule has 8 nitrogen and oxygen atoms in total. The van der Waals surface area contributed by atoms with Crippen molar-refractivity contribution in [3.8, 4) is 17.0 Å². The van der Waals surface area contributed by atoms with Gasteiger partial charge >= 0.3 is 5.97 Å². The molecule has 164 valence electrons. The Hall–Kier alpha value is -3.94. The van der Waals surface area contributed by atoms with Crippen molar-refractivity contribution in [3.05, 3.63) is 71.8 Å². The van der Waals surface area contributed by atoms with Crippen molar-refractivity contribution in [2.45, 2.75) is 0 Å². The summed E-state index contributed by atoms with van der Waals surface area (Å²) >= 11 is 0. The number of piperazine rings is 1. The van der Waals surface area contributed by atoms with Gasteiger partial charge in [-0.25, -0.2) is 4.79 Å². The molecule has 2 aromatic carbocycles. The Labute approximate surface area is 186 Å². The van der Waals surface area contributed by atoms with E-state index in [2.05, 4.69) is 15.1 Å². The molecule has 0 atom stereocenters. The van der Waals surface area contributed by atoms with E-state index in [1.807, 2.05) is 36.4 Å². The standard InChI is InChI=1S/C24H24N4O4/c1-31-18-9-7-17(8-10-18)21-11-12-22(26-25-21)27-13-15-28(16-14-27)23(29)19-5-3-4-6-20(19)24(30)32-2/h3-12H,13-16H2,1-2H3. The minimum atomic E-state index is -0.514. The summed E-state index contributed by atoms with van der Waals surface area (Å²) in [6.07, 6.45) is 0. The number of nitrogens with zero attached hydrogens (tertiary/aromatic N) is 4. The number of benzene rings is 2. The Kier molecular flexibility index (Phi) is 6.30. The predicted octanol–water partition coefficient (Wildman–Crippen LogP) is 2.90. The summed E-state index contributed by atoms with van der Waals surface area (Å²) < 4.78 is 9.99. The van der Waals surface area contributed by atoms with E-state index >= 15 is 0 Å². The van der Waals surface area contributed by atoms with Crippen molar-refractivity contribution in [3.63, 3.8) is 0 Å². The first-order chi connectivity index (χ1) is 15.6. The monoisotopic (exact) mass is 432 g/mol. The third-order valence-electron chi connectivity index (χ3n) is 5.49. The smallest absolute Gasteiger partial charge is 0.338 e. The number of hydrogen-bond donors (Lipinski definition) is 0. The number of ether oxygens (including phenoxy) is 2. The zero-order valence-corrected chi connectivity index (χ0v) is 18.0. The molecular weight excluding hydrogens is 408 g/mol. The van der Waals surface area contributed by atoms with Crippen LogP contribution in [0.15, 0.2) is 60.7 Å². The van der Waals surface area contributed by atoms with Gasteiger partial charge in [0.2, 0.25) is 0 Å². The van der Waals surface area contributed by atoms with Crippen LogP contribution in [0.1, 0.15) is 20.7 Å². The molecule has 0 bridgehead atoms. The number of methoxy groups -OCH3 is 2. The maximum absolute atomic E-state index is 13.0. The molecule has 0 unspecified atom stereocenters. The zero-order valence-electron chi connectivity index (χ0n) is 18.0. The van der Waals surface area contributed by atoms with Gasteiger partial charge in [0.05, 0.1) is 31.0 Å². The fraction of sp³-hybridized carbons (Fsp3) is 0.250. The SMILES string of the molecule is COC(=O)c1ccccc1C(=O)N1CCN(c2ccc(-c3ccc(OC)cc3)nn2)CC1. The Morgan fingerprint density at radius 1 is 0.812 bits per heavy atom. The average molecular weight is 432 g/mol. The van der Waals surface area contributed by atoms with E-state index in [1.54, 1.807) is 36.3 Å². The van der Waals surface area contributed by atoms with Crippen LogP contribution in [0.5, 0.6) is 5.75 Å². The average Bonchev–Trinajstić information content (AvgIpc) is 2.88. The Balaban J connectivity index is 1.40. The second-order valence-corrected chi connectivity index (χ2v) is 7.32. The summed E-state index contributed by atoms with van der Waals surface area (Å²) in [5, 5.41) is 8.74. The van der Waals surface area contributed by atoms with Crippen molar-refractivity contribution < 1.29 is 19.1 Å². The summed E-state index contributed by atoms with van der Waals surface area (Å²) in [6, 6.07) is 18.3. The van der Waals surface area contributed by atoms with Crippen molar-refractivity contribution >= 4 is 17.7 Å². The summed E-state index contributed by atoms with van der Waals surface area (Å²) in [7, 11) is 2.94. The summed E-state index contributed by atoms with van der Waals surface area (Å²) in [4.78, 5) is 28.8. The second-order valence-electron chi connectivity index (χ2n) is 7.32. The molecule has 4 rings (SSSR count). The first-order valence-corrected chi connectivity index (χ1v) is 10.3. The van der Waals surface area contributed by atoms with Crippen LogP contribution in [0, 0.1) is 0 Å². The molecule has 3 aromatic rings. The van der Waals surface area contributed by atoms with E-state index in [1.165, 1.54) is 7.11 Å². The maximum Gasteiger partial charge on any atom is 0.338 e. The number of carbonyl (C=O) groups is 2. The minimum absolute atomic E-state index is 0.174. The van der Waals surface area contributed by atoms with Gasteiger partial charge in [-0.1, -0.05) is 12.1 Å². The minimum Gasteiger partial charge on any atom is -0.497 e. The molecule has 8 heteroatoms. The van der Waals surface area contributed by atoms with Crippen molar-refractivity contribution in [2.24, 2.45) is 0 Å². The zero-order chi connectivity index (χ0) is 22.5. The third-order valence-corrected chi connectivity index (χ3v) is 5.49. The van der Waals surface area contributed by atoms with E-state index < -0.39 is 5.97 Å². The second kappa shape index (κ2) is 9.47. The Morgan fingerprint density at radius 3 is 2.09 bits per heavy atom. The number of aromatic nitrogens is 2. The molecule has 1 amide bonds. The van der Waals surface area contributed by atoms with E-state index in [-0.39, 0.29) is 11.5 Å². The van der Waals surface area contributed by atoms with E-state index in [0.29, 0.717) is 31.7 Å². The normalized spacial score (nSPS) is 13.6. The van der Waals surface area contributed by atoms with Crippen LogP contribution < -0.4 is 9.64 Å². The molecule has 1 saturated heterocycles. The quantitative estimate of drug-likeness (QED) is 0.573. The van der Waals surface area contributed by atoms with Crippen LogP contribution in [-0.4, -0.2) is 67.4 Å². The topological polar surface area (TPSA) is 84.9 Å². The van der Waals surface area contributed by atoms with Crippen LogP contribution in [-0.2, 0) is 4.74 Å². The van der Waals surface area contributed by atoms with Crippen LogP contribution in [0.4, 0.5) is 5.82 Å². The fourth-order valence-corrected chi connectivity index (χ4v) is 3.68. The molecule has 0 spiro atoms. The highest BCUT2D eigenvalue weighted by Crippen LogP contribution is 2.22. The first kappa shape index (κ1) is 21.3. The van der Waals surface area contributed by atoms with Gasteiger partial charge in [0.1, 0.15) is 5.75 Å². The van der Waals surface area contributed by atoms with Crippen molar-refractivity contribution in [2.75, 3.05) is 45.3 Å². The summed E-state index contributed by atoms with van der Waals surface area (Å²) in [5.74, 6) is 0.871. The molecule has 1 aliphatic heterocycles. The van der Waals surface area contributed by atoms with Gasteiger partial charge in [0.25, 0.3) is 5.91 Å². The number of amides is 1. The maximum atomic E-state index is 13.0. The van der Waals surface area contributed by atoms with Crippen LogP contribution in [0.3, 0.4) is 0 Å². The predicted molar refractivity (Wildman–Crippen MR) is 120 cm³/mol. The lowest BCUT2D eigenvalue weighted by Gasteiger charge is -2.35. The van der Waals surface area contributed by atoms with Gasteiger partial charge in [-0.05, 0) is 48.5 Å². The number of esters is 1. The summed E-state index contributed by atoms with van der Waals surface area (Å²) in [5.41, 5.74) is 2.38. The molecule has 0 aliphatic carbocycles. The highest BCUT2D eigenvalue weighted by Gasteiger charge is 2.26. The molecule has 32 heavy (non-hydrogen) atoms. The molecule has 1 aliphatic rings. The molecule has 0 N–H and O–H groups in total. The lowest BCUT2D eigenvalue weighted by molar-refractivity contribution is 0.0589. The van der Waals surface area contributed by atoms with Gasteiger partial charge in [0.15, 0.2) is 5.82 Å². The molecule has 1 aromatic heterocycles. The van der Waals surface area contributed by atoms with E-state index in [4.69, 9.17) is 9.47 Å². The largest absolute Gasteiger partial charge is 0.497 e. The summed E-state index contributed by atoms with van der Waals surface area (Å²) in [6.45, 7) is 2.30. The van der Waals surface area contributed by atoms with Gasteiger partial charge in [-0.15, -0.1) is 10.2 Å². The van der Waals surface area contributed by atoms with E-state index in [9.17, 15) is 9.59 Å². The molecule has 0 saturated carbocycles. The number of anilines is 1. The Bertz CT molecular complexity index is 1090. The van der Waals surface area contributed by atoms with Gasteiger partial charge < -0.3 is 19.3 Å². The molecular formula is C24H24N4O4. The highest BCUT2D eigenvalue weighted by atomic mass is 16.5. The lowest BCUT2D eigenvalue weighted by atomic mass is 10.1. The Morgan fingerprint density at radius 2 is 1.50 bits per heavy atom. The van der Waals surface area contributed by atoms with Gasteiger partial charge in [-0.3, -0.25) is 4.79 Å². The third kappa shape index (κ3) is 4.39. The van der Waals surface area contributed by atoms with Crippen LogP contribution >= 0.6 is 0 Å².